The molecule has 3 aromatic rings. The molecule has 0 spiro atoms. The quantitative estimate of drug-likeness (QED) is 0.785. The van der Waals surface area contributed by atoms with Gasteiger partial charge in [0.25, 0.3) is 0 Å². The molecule has 1 N–H and O–H groups in total. The zero-order valence-corrected chi connectivity index (χ0v) is 14.4. The SMILES string of the molecule is C[C@H]1c2nc3ccccc3n2[C@@H](CC(=O)O)C(=O)N1Cc1ccccc1. The van der Waals surface area contributed by atoms with Gasteiger partial charge in [0.05, 0.1) is 23.5 Å². The molecule has 0 unspecified atom stereocenters. The molecular formula is C20H19N3O3. The predicted octanol–water partition coefficient (Wildman–Crippen LogP) is 3.16. The number of aromatic nitrogens is 2. The number of carbonyl (C=O) groups excluding carboxylic acids is 1. The van der Waals surface area contributed by atoms with E-state index in [9.17, 15) is 14.7 Å². The molecule has 1 aromatic heterocycles. The Kier molecular flexibility index (Phi) is 3.95. The van der Waals surface area contributed by atoms with Gasteiger partial charge in [0.1, 0.15) is 11.9 Å². The number of rotatable bonds is 4. The van der Waals surface area contributed by atoms with E-state index in [1.165, 1.54) is 0 Å². The molecule has 4 rings (SSSR count). The van der Waals surface area contributed by atoms with E-state index in [1.807, 2.05) is 61.5 Å². The van der Waals surface area contributed by atoms with Crippen molar-refractivity contribution in [1.29, 1.82) is 0 Å². The second-order valence-corrected chi connectivity index (χ2v) is 6.57. The Bertz CT molecular complexity index is 980. The number of hydrogen-bond donors (Lipinski definition) is 1. The van der Waals surface area contributed by atoms with Crippen LogP contribution < -0.4 is 0 Å². The first-order valence-corrected chi connectivity index (χ1v) is 8.59. The maximum atomic E-state index is 13.2. The molecule has 26 heavy (non-hydrogen) atoms. The molecule has 0 saturated heterocycles. The van der Waals surface area contributed by atoms with Crippen LogP contribution in [0.15, 0.2) is 54.6 Å². The monoisotopic (exact) mass is 349 g/mol. The lowest BCUT2D eigenvalue weighted by Gasteiger charge is -2.38. The van der Waals surface area contributed by atoms with E-state index in [2.05, 4.69) is 0 Å². The maximum absolute atomic E-state index is 13.2. The number of nitrogens with zero attached hydrogens (tertiary/aromatic N) is 3. The number of aliphatic carboxylic acids is 1. The predicted molar refractivity (Wildman–Crippen MR) is 96.4 cm³/mol. The standard InChI is InChI=1S/C20H19N3O3/c1-13-19-21-15-9-5-6-10-16(15)23(19)17(11-18(24)25)20(26)22(13)12-14-7-3-2-4-8-14/h2-10,13,17H,11-12H2,1H3,(H,24,25)/t13-,17-/m0/s1. The second kappa shape index (κ2) is 6.29. The summed E-state index contributed by atoms with van der Waals surface area (Å²) in [6.45, 7) is 2.37. The van der Waals surface area contributed by atoms with E-state index in [0.29, 0.717) is 6.54 Å². The van der Waals surface area contributed by atoms with E-state index in [0.717, 1.165) is 22.4 Å². The molecule has 2 aromatic carbocycles. The average Bonchev–Trinajstić information content (AvgIpc) is 3.03. The van der Waals surface area contributed by atoms with Crippen LogP contribution in [-0.4, -0.2) is 31.4 Å². The van der Waals surface area contributed by atoms with Gasteiger partial charge in [0, 0.05) is 6.54 Å². The van der Waals surface area contributed by atoms with Gasteiger partial charge >= 0.3 is 5.97 Å². The lowest BCUT2D eigenvalue weighted by Crippen LogP contribution is -2.45. The van der Waals surface area contributed by atoms with E-state index in [1.54, 1.807) is 9.47 Å². The number of carboxylic acid groups (broad SMARTS) is 1. The Hall–Kier alpha value is -3.15. The number of amides is 1. The van der Waals surface area contributed by atoms with E-state index in [4.69, 9.17) is 4.98 Å². The topological polar surface area (TPSA) is 75.4 Å². The van der Waals surface area contributed by atoms with Gasteiger partial charge in [0.2, 0.25) is 5.91 Å². The molecule has 132 valence electrons. The molecule has 1 aliphatic rings. The largest absolute Gasteiger partial charge is 0.481 e. The van der Waals surface area contributed by atoms with Gasteiger partial charge in [-0.2, -0.15) is 0 Å². The fraction of sp³-hybridized carbons (Fsp3) is 0.250. The molecule has 0 radical (unpaired) electrons. The van der Waals surface area contributed by atoms with Gasteiger partial charge in [-0.3, -0.25) is 9.59 Å². The third kappa shape index (κ3) is 2.63. The highest BCUT2D eigenvalue weighted by Crippen LogP contribution is 2.37. The van der Waals surface area contributed by atoms with E-state index < -0.39 is 12.0 Å². The minimum absolute atomic E-state index is 0.181. The van der Waals surface area contributed by atoms with Crippen LogP contribution in [0.5, 0.6) is 0 Å². The van der Waals surface area contributed by atoms with Crippen LogP contribution in [0.2, 0.25) is 0 Å². The summed E-state index contributed by atoms with van der Waals surface area (Å²) in [6.07, 6.45) is -0.260. The maximum Gasteiger partial charge on any atom is 0.306 e. The number of benzene rings is 2. The molecule has 6 nitrogen and oxygen atoms in total. The van der Waals surface area contributed by atoms with Crippen molar-refractivity contribution >= 4 is 22.9 Å². The van der Waals surface area contributed by atoms with Crippen molar-refractivity contribution in [1.82, 2.24) is 14.5 Å². The smallest absolute Gasteiger partial charge is 0.306 e. The molecule has 1 aliphatic heterocycles. The Labute approximate surface area is 150 Å². The molecule has 2 atom stereocenters. The zero-order valence-electron chi connectivity index (χ0n) is 14.4. The Balaban J connectivity index is 1.82. The van der Waals surface area contributed by atoms with Crippen LogP contribution in [0.3, 0.4) is 0 Å². The normalized spacial score (nSPS) is 19.6. The van der Waals surface area contributed by atoms with Crippen LogP contribution in [0, 0.1) is 0 Å². The number of fused-ring (bicyclic) bond motifs is 3. The highest BCUT2D eigenvalue weighted by Gasteiger charge is 2.40. The zero-order chi connectivity index (χ0) is 18.3. The molecule has 2 heterocycles. The van der Waals surface area contributed by atoms with Gasteiger partial charge in [-0.15, -0.1) is 0 Å². The fourth-order valence-corrected chi connectivity index (χ4v) is 3.66. The molecule has 0 aliphatic carbocycles. The van der Waals surface area contributed by atoms with Crippen LogP contribution in [0.1, 0.15) is 36.8 Å². The van der Waals surface area contributed by atoms with Crippen molar-refractivity contribution in [3.05, 3.63) is 66.0 Å². The molecule has 0 fully saturated rings. The molecule has 1 amide bonds. The number of imidazole rings is 1. The third-order valence-corrected chi connectivity index (χ3v) is 4.91. The average molecular weight is 349 g/mol. The molecule has 0 bridgehead atoms. The highest BCUT2D eigenvalue weighted by atomic mass is 16.4. The third-order valence-electron chi connectivity index (χ3n) is 4.91. The summed E-state index contributed by atoms with van der Waals surface area (Å²) >= 11 is 0. The Morgan fingerprint density at radius 1 is 1.12 bits per heavy atom. The minimum Gasteiger partial charge on any atom is -0.481 e. The first-order valence-electron chi connectivity index (χ1n) is 8.59. The summed E-state index contributed by atoms with van der Waals surface area (Å²) in [4.78, 5) is 31.0. The summed E-state index contributed by atoms with van der Waals surface area (Å²) in [5.74, 6) is -0.450. The van der Waals surface area contributed by atoms with Crippen molar-refractivity contribution in [2.45, 2.75) is 32.0 Å². The van der Waals surface area contributed by atoms with Crippen molar-refractivity contribution in [3.8, 4) is 0 Å². The lowest BCUT2D eigenvalue weighted by molar-refractivity contribution is -0.147. The van der Waals surface area contributed by atoms with E-state index >= 15 is 0 Å². The van der Waals surface area contributed by atoms with Gasteiger partial charge in [0.15, 0.2) is 0 Å². The first-order chi connectivity index (χ1) is 12.6. The number of carboxylic acids is 1. The first kappa shape index (κ1) is 16.3. The van der Waals surface area contributed by atoms with Crippen LogP contribution in [0.4, 0.5) is 0 Å². The van der Waals surface area contributed by atoms with Gasteiger partial charge in [-0.25, -0.2) is 4.98 Å². The molecular weight excluding hydrogens is 330 g/mol. The van der Waals surface area contributed by atoms with Gasteiger partial charge in [-0.1, -0.05) is 42.5 Å². The molecule has 6 heteroatoms. The van der Waals surface area contributed by atoms with Crippen LogP contribution >= 0.6 is 0 Å². The summed E-state index contributed by atoms with van der Waals surface area (Å²) in [6, 6.07) is 16.2. The number of para-hydroxylation sites is 2. The van der Waals surface area contributed by atoms with E-state index in [-0.39, 0.29) is 18.4 Å². The van der Waals surface area contributed by atoms with Crippen molar-refractivity contribution < 1.29 is 14.7 Å². The Morgan fingerprint density at radius 2 is 1.81 bits per heavy atom. The summed E-state index contributed by atoms with van der Waals surface area (Å²) < 4.78 is 1.80. The van der Waals surface area contributed by atoms with Gasteiger partial charge < -0.3 is 14.6 Å². The van der Waals surface area contributed by atoms with Crippen molar-refractivity contribution in [3.63, 3.8) is 0 Å². The highest BCUT2D eigenvalue weighted by molar-refractivity contribution is 5.89. The lowest BCUT2D eigenvalue weighted by atomic mass is 10.0. The summed E-state index contributed by atoms with van der Waals surface area (Å²) in [5, 5.41) is 9.36. The van der Waals surface area contributed by atoms with Crippen molar-refractivity contribution in [2.24, 2.45) is 0 Å². The van der Waals surface area contributed by atoms with Crippen molar-refractivity contribution in [2.75, 3.05) is 0 Å². The van der Waals surface area contributed by atoms with Crippen LogP contribution in [0.25, 0.3) is 11.0 Å². The van der Waals surface area contributed by atoms with Gasteiger partial charge in [-0.05, 0) is 24.6 Å². The number of hydrogen-bond acceptors (Lipinski definition) is 3. The second-order valence-electron chi connectivity index (χ2n) is 6.57. The summed E-state index contributed by atoms with van der Waals surface area (Å²) in [5.41, 5.74) is 2.58. The Morgan fingerprint density at radius 3 is 2.54 bits per heavy atom. The van der Waals surface area contributed by atoms with Crippen LogP contribution in [-0.2, 0) is 16.1 Å². The molecule has 0 saturated carbocycles. The minimum atomic E-state index is -0.999. The fourth-order valence-electron chi connectivity index (χ4n) is 3.66. The summed E-state index contributed by atoms with van der Waals surface area (Å²) in [7, 11) is 0. The number of carbonyl (C=O) groups is 2.